The number of para-hydroxylation sites is 1. The highest BCUT2D eigenvalue weighted by Gasteiger charge is 2.12. The average molecular weight is 351 g/mol. The zero-order chi connectivity index (χ0) is 18.1. The van der Waals surface area contributed by atoms with Gasteiger partial charge in [0.25, 0.3) is 5.91 Å². The maximum Gasteiger partial charge on any atom is 0.338 e. The molecule has 0 spiro atoms. The molecule has 0 aliphatic carbocycles. The number of carbonyl (C=O) groups is 2. The van der Waals surface area contributed by atoms with Gasteiger partial charge in [-0.05, 0) is 36.4 Å². The third kappa shape index (κ3) is 5.38. The second-order valence-electron chi connectivity index (χ2n) is 4.76. The fraction of sp³-hybridized carbons (Fsp3) is 0.111. The molecule has 0 atom stereocenters. The summed E-state index contributed by atoms with van der Waals surface area (Å²) in [7, 11) is 0. The van der Waals surface area contributed by atoms with Crippen molar-refractivity contribution in [3.63, 3.8) is 0 Å². The number of nitriles is 2. The van der Waals surface area contributed by atoms with Crippen molar-refractivity contribution in [1.29, 1.82) is 10.5 Å². The molecule has 7 heteroatoms. The molecule has 0 aromatic heterocycles. The Kier molecular flexibility index (Phi) is 6.58. The highest BCUT2D eigenvalue weighted by atomic mass is 32.2. The van der Waals surface area contributed by atoms with Gasteiger partial charge >= 0.3 is 5.97 Å². The molecular formula is C18H13N3O3S. The zero-order valence-corrected chi connectivity index (χ0v) is 13.9. The Morgan fingerprint density at radius 3 is 2.48 bits per heavy atom. The highest BCUT2D eigenvalue weighted by Crippen LogP contribution is 2.26. The lowest BCUT2D eigenvalue weighted by Crippen LogP contribution is -2.21. The second-order valence-corrected chi connectivity index (χ2v) is 5.77. The summed E-state index contributed by atoms with van der Waals surface area (Å²) in [4.78, 5) is 24.6. The van der Waals surface area contributed by atoms with Crippen LogP contribution in [-0.2, 0) is 9.53 Å². The van der Waals surface area contributed by atoms with E-state index in [9.17, 15) is 9.59 Å². The Hall–Kier alpha value is -3.29. The van der Waals surface area contributed by atoms with Crippen LogP contribution < -0.4 is 5.32 Å². The van der Waals surface area contributed by atoms with Gasteiger partial charge in [-0.25, -0.2) is 4.79 Å². The molecule has 0 aliphatic heterocycles. The summed E-state index contributed by atoms with van der Waals surface area (Å²) in [6.07, 6.45) is 0. The van der Waals surface area contributed by atoms with Crippen LogP contribution >= 0.6 is 11.8 Å². The molecule has 1 N–H and O–H groups in total. The summed E-state index contributed by atoms with van der Waals surface area (Å²) in [5, 5.41) is 20.0. The van der Waals surface area contributed by atoms with Crippen LogP contribution in [0.25, 0.3) is 0 Å². The van der Waals surface area contributed by atoms with Crippen molar-refractivity contribution in [1.82, 2.24) is 0 Å². The lowest BCUT2D eigenvalue weighted by Gasteiger charge is -2.10. The Morgan fingerprint density at radius 1 is 1.08 bits per heavy atom. The van der Waals surface area contributed by atoms with Crippen molar-refractivity contribution < 1.29 is 14.3 Å². The molecular weight excluding hydrogens is 338 g/mol. The molecule has 0 saturated heterocycles. The van der Waals surface area contributed by atoms with Gasteiger partial charge < -0.3 is 10.1 Å². The van der Waals surface area contributed by atoms with E-state index in [-0.39, 0.29) is 11.3 Å². The molecule has 0 aliphatic rings. The molecule has 25 heavy (non-hydrogen) atoms. The van der Waals surface area contributed by atoms with Crippen molar-refractivity contribution in [3.8, 4) is 12.1 Å². The van der Waals surface area contributed by atoms with E-state index in [0.717, 1.165) is 4.90 Å². The summed E-state index contributed by atoms with van der Waals surface area (Å²) >= 11 is 1.30. The fourth-order valence-electron chi connectivity index (χ4n) is 1.89. The minimum Gasteiger partial charge on any atom is -0.452 e. The molecule has 0 heterocycles. The predicted molar refractivity (Wildman–Crippen MR) is 92.8 cm³/mol. The molecule has 0 fully saturated rings. The molecule has 2 aromatic carbocycles. The van der Waals surface area contributed by atoms with Gasteiger partial charge in [-0.2, -0.15) is 10.5 Å². The summed E-state index contributed by atoms with van der Waals surface area (Å²) in [6, 6.07) is 17.0. The molecule has 124 valence electrons. The van der Waals surface area contributed by atoms with E-state index in [1.807, 2.05) is 12.1 Å². The standard InChI is InChI=1S/C18H13N3O3S/c19-9-10-25-16-4-2-1-3-15(16)21-17(22)12-24-18(23)14-7-5-13(11-20)6-8-14/h1-8H,10,12H2,(H,21,22). The van der Waals surface area contributed by atoms with Crippen molar-refractivity contribution in [3.05, 3.63) is 59.7 Å². The first-order valence-corrected chi connectivity index (χ1v) is 8.18. The van der Waals surface area contributed by atoms with Crippen molar-refractivity contribution >= 4 is 29.3 Å². The highest BCUT2D eigenvalue weighted by molar-refractivity contribution is 7.99. The van der Waals surface area contributed by atoms with E-state index in [2.05, 4.69) is 5.32 Å². The Balaban J connectivity index is 1.91. The number of anilines is 1. The number of nitrogens with zero attached hydrogens (tertiary/aromatic N) is 2. The number of nitrogens with one attached hydrogen (secondary N) is 1. The van der Waals surface area contributed by atoms with Crippen LogP contribution in [0, 0.1) is 22.7 Å². The zero-order valence-electron chi connectivity index (χ0n) is 13.1. The van der Waals surface area contributed by atoms with E-state index in [4.69, 9.17) is 15.3 Å². The third-order valence-corrected chi connectivity index (χ3v) is 3.98. The smallest absolute Gasteiger partial charge is 0.338 e. The minimum atomic E-state index is -0.646. The molecule has 2 aromatic rings. The van der Waals surface area contributed by atoms with Crippen LogP contribution in [0.4, 0.5) is 5.69 Å². The van der Waals surface area contributed by atoms with E-state index in [1.54, 1.807) is 24.3 Å². The van der Waals surface area contributed by atoms with Gasteiger partial charge in [-0.3, -0.25) is 4.79 Å². The number of hydrogen-bond acceptors (Lipinski definition) is 6. The van der Waals surface area contributed by atoms with Crippen molar-refractivity contribution in [2.24, 2.45) is 0 Å². The van der Waals surface area contributed by atoms with Gasteiger partial charge in [-0.1, -0.05) is 12.1 Å². The van der Waals surface area contributed by atoms with Crippen LogP contribution in [0.2, 0.25) is 0 Å². The average Bonchev–Trinajstić information content (AvgIpc) is 2.65. The van der Waals surface area contributed by atoms with Gasteiger partial charge in [0.15, 0.2) is 6.61 Å². The largest absolute Gasteiger partial charge is 0.452 e. The maximum absolute atomic E-state index is 12.0. The van der Waals surface area contributed by atoms with E-state index < -0.39 is 18.5 Å². The topological polar surface area (TPSA) is 103 Å². The normalized spacial score (nSPS) is 9.52. The van der Waals surface area contributed by atoms with E-state index in [1.165, 1.54) is 36.0 Å². The van der Waals surface area contributed by atoms with Crippen LogP contribution in [0.15, 0.2) is 53.4 Å². The molecule has 0 saturated carbocycles. The molecule has 1 amide bonds. The van der Waals surface area contributed by atoms with Gasteiger partial charge in [0, 0.05) is 4.90 Å². The quantitative estimate of drug-likeness (QED) is 0.634. The first-order chi connectivity index (χ1) is 12.1. The Morgan fingerprint density at radius 2 is 1.80 bits per heavy atom. The van der Waals surface area contributed by atoms with Crippen molar-refractivity contribution in [2.75, 3.05) is 17.7 Å². The third-order valence-electron chi connectivity index (χ3n) is 3.04. The van der Waals surface area contributed by atoms with Gasteiger partial charge in [0.2, 0.25) is 0 Å². The van der Waals surface area contributed by atoms with Crippen LogP contribution in [0.1, 0.15) is 15.9 Å². The van der Waals surface area contributed by atoms with E-state index >= 15 is 0 Å². The number of hydrogen-bond donors (Lipinski definition) is 1. The van der Waals surface area contributed by atoms with E-state index in [0.29, 0.717) is 11.3 Å². The summed E-state index contributed by atoms with van der Waals surface area (Å²) in [5.41, 5.74) is 1.25. The number of thioether (sulfide) groups is 1. The SMILES string of the molecule is N#CCSc1ccccc1NC(=O)COC(=O)c1ccc(C#N)cc1. The number of ether oxygens (including phenoxy) is 1. The first-order valence-electron chi connectivity index (χ1n) is 7.20. The second kappa shape index (κ2) is 9.11. The Bertz CT molecular complexity index is 851. The molecule has 0 radical (unpaired) electrons. The summed E-state index contributed by atoms with van der Waals surface area (Å²) < 4.78 is 4.96. The molecule has 6 nitrogen and oxygen atoms in total. The van der Waals surface area contributed by atoms with Crippen molar-refractivity contribution in [2.45, 2.75) is 4.90 Å². The number of rotatable bonds is 6. The monoisotopic (exact) mass is 351 g/mol. The molecule has 2 rings (SSSR count). The Labute approximate surface area is 149 Å². The number of carbonyl (C=O) groups excluding carboxylic acids is 2. The first kappa shape index (κ1) is 18.1. The van der Waals surface area contributed by atoms with Crippen LogP contribution in [-0.4, -0.2) is 24.2 Å². The molecule has 0 unspecified atom stereocenters. The minimum absolute atomic E-state index is 0.261. The molecule has 0 bridgehead atoms. The van der Waals surface area contributed by atoms with Crippen LogP contribution in [0.3, 0.4) is 0 Å². The number of benzene rings is 2. The summed E-state index contributed by atoms with van der Waals surface area (Å²) in [5.74, 6) is -0.862. The maximum atomic E-state index is 12.0. The fourth-order valence-corrected chi connectivity index (χ4v) is 2.56. The number of amides is 1. The summed E-state index contributed by atoms with van der Waals surface area (Å²) in [6.45, 7) is -0.434. The number of esters is 1. The predicted octanol–water partition coefficient (Wildman–Crippen LogP) is 2.97. The van der Waals surface area contributed by atoms with Gasteiger partial charge in [0.1, 0.15) is 0 Å². The lowest BCUT2D eigenvalue weighted by atomic mass is 10.1. The lowest BCUT2D eigenvalue weighted by molar-refractivity contribution is -0.119. The van der Waals surface area contributed by atoms with Gasteiger partial charge in [0.05, 0.1) is 34.7 Å². The van der Waals surface area contributed by atoms with Crippen LogP contribution in [0.5, 0.6) is 0 Å². The van der Waals surface area contributed by atoms with Gasteiger partial charge in [-0.15, -0.1) is 11.8 Å².